The number of hydrogen-bond acceptors (Lipinski definition) is 7. The molecule has 1 fully saturated rings. The molecule has 2 amide bonds. The summed E-state index contributed by atoms with van der Waals surface area (Å²) >= 11 is 1.56. The summed E-state index contributed by atoms with van der Waals surface area (Å²) in [6, 6.07) is 22.2. The van der Waals surface area contributed by atoms with Crippen molar-refractivity contribution in [2.75, 3.05) is 34.3 Å². The molecule has 3 heterocycles. The average Bonchev–Trinajstić information content (AvgIpc) is 3.45. The molecular weight excluding hydrogens is 546 g/mol. The van der Waals surface area contributed by atoms with E-state index in [9.17, 15) is 13.2 Å². The van der Waals surface area contributed by atoms with E-state index in [0.717, 1.165) is 55.7 Å². The summed E-state index contributed by atoms with van der Waals surface area (Å²) < 4.78 is 31.0. The molecule has 40 heavy (non-hydrogen) atoms. The number of carbonyl (C=O) groups excluding carboxylic acids is 1. The molecule has 0 radical (unpaired) electrons. The Bertz CT molecular complexity index is 1490. The van der Waals surface area contributed by atoms with E-state index in [1.54, 1.807) is 35.6 Å². The van der Waals surface area contributed by atoms with Gasteiger partial charge in [-0.05, 0) is 66.2 Å². The Morgan fingerprint density at radius 3 is 2.40 bits per heavy atom. The predicted octanol–water partition coefficient (Wildman–Crippen LogP) is 6.01. The number of ether oxygens (including phenoxy) is 1. The van der Waals surface area contributed by atoms with Crippen LogP contribution in [0.25, 0.3) is 0 Å². The van der Waals surface area contributed by atoms with Crippen LogP contribution in [0.15, 0.2) is 89.8 Å². The van der Waals surface area contributed by atoms with Gasteiger partial charge in [0.2, 0.25) is 15.9 Å². The highest BCUT2D eigenvalue weighted by Gasteiger charge is 2.29. The van der Waals surface area contributed by atoms with Crippen LogP contribution in [0.2, 0.25) is 0 Å². The van der Waals surface area contributed by atoms with Gasteiger partial charge >= 0.3 is 6.03 Å². The van der Waals surface area contributed by atoms with E-state index in [0.29, 0.717) is 17.3 Å². The van der Waals surface area contributed by atoms with E-state index < -0.39 is 10.0 Å². The molecule has 0 atom stereocenters. The van der Waals surface area contributed by atoms with E-state index in [-0.39, 0.29) is 12.1 Å². The molecule has 2 aromatic carbocycles. The van der Waals surface area contributed by atoms with Gasteiger partial charge in [0.05, 0.1) is 11.9 Å². The molecule has 0 spiro atoms. The standard InChI is InChI=1S/C29H31N5O4S2/c1-40(36,37)32-23-8-10-27(11-9-23)38-28-12-7-22(19-30-28)20-33-16-13-26(14-17-33)34(25-5-3-2-4-6-25)29(35)31-24-15-18-39-21-24/h2-12,15,18-19,21,26,32H,13-14,16-17,20H2,1H3,(H,31,35). The zero-order valence-electron chi connectivity index (χ0n) is 22.1. The van der Waals surface area contributed by atoms with Gasteiger partial charge in [-0.15, -0.1) is 0 Å². The molecule has 1 aliphatic rings. The smallest absolute Gasteiger partial charge is 0.326 e. The molecule has 0 saturated carbocycles. The number of pyridine rings is 1. The maximum atomic E-state index is 13.3. The SMILES string of the molecule is CS(=O)(=O)Nc1ccc(Oc2ccc(CN3CCC(N(C(=O)Nc4ccsc4)c4ccccc4)CC3)cn2)cc1. The van der Waals surface area contributed by atoms with Gasteiger partial charge < -0.3 is 10.1 Å². The highest BCUT2D eigenvalue weighted by molar-refractivity contribution is 7.92. The Labute approximate surface area is 238 Å². The van der Waals surface area contributed by atoms with E-state index in [1.165, 1.54) is 0 Å². The number of nitrogens with one attached hydrogen (secondary N) is 2. The van der Waals surface area contributed by atoms with Crippen molar-refractivity contribution in [3.8, 4) is 11.6 Å². The molecule has 1 aliphatic heterocycles. The zero-order chi connectivity index (χ0) is 28.0. The summed E-state index contributed by atoms with van der Waals surface area (Å²) in [5, 5.41) is 6.92. The molecule has 0 unspecified atom stereocenters. The van der Waals surface area contributed by atoms with Crippen LogP contribution in [0.3, 0.4) is 0 Å². The molecule has 208 valence electrons. The molecule has 11 heteroatoms. The summed E-state index contributed by atoms with van der Waals surface area (Å²) in [7, 11) is -3.33. The fraction of sp³-hybridized carbons (Fsp3) is 0.241. The van der Waals surface area contributed by atoms with Crippen molar-refractivity contribution in [3.63, 3.8) is 0 Å². The van der Waals surface area contributed by atoms with Crippen LogP contribution in [0.4, 0.5) is 21.9 Å². The first kappa shape index (κ1) is 27.6. The summed E-state index contributed by atoms with van der Waals surface area (Å²) in [6.07, 6.45) is 4.65. The van der Waals surface area contributed by atoms with Gasteiger partial charge in [-0.25, -0.2) is 18.2 Å². The maximum absolute atomic E-state index is 13.3. The van der Waals surface area contributed by atoms with Gasteiger partial charge in [0, 0.05) is 54.7 Å². The summed E-state index contributed by atoms with van der Waals surface area (Å²) in [5.74, 6) is 1.02. The van der Waals surface area contributed by atoms with Crippen LogP contribution >= 0.6 is 11.3 Å². The number of thiophene rings is 1. The first-order valence-corrected chi connectivity index (χ1v) is 15.8. The minimum Gasteiger partial charge on any atom is -0.439 e. The van der Waals surface area contributed by atoms with Crippen LogP contribution in [0, 0.1) is 0 Å². The minimum atomic E-state index is -3.33. The average molecular weight is 578 g/mol. The van der Waals surface area contributed by atoms with E-state index >= 15 is 0 Å². The normalized spacial score (nSPS) is 14.4. The largest absolute Gasteiger partial charge is 0.439 e. The van der Waals surface area contributed by atoms with E-state index in [4.69, 9.17) is 4.74 Å². The highest BCUT2D eigenvalue weighted by atomic mass is 32.2. The minimum absolute atomic E-state index is 0.102. The van der Waals surface area contributed by atoms with Crippen LogP contribution in [-0.2, 0) is 16.6 Å². The number of rotatable bonds is 9. The number of amides is 2. The van der Waals surface area contributed by atoms with Crippen LogP contribution in [-0.4, -0.2) is 49.7 Å². The third-order valence-corrected chi connectivity index (χ3v) is 7.82. The third kappa shape index (κ3) is 7.59. The molecule has 4 aromatic rings. The van der Waals surface area contributed by atoms with Crippen LogP contribution in [0.5, 0.6) is 11.6 Å². The Kier molecular flexibility index (Phi) is 8.63. The number of likely N-dealkylation sites (tertiary alicyclic amines) is 1. The number of anilines is 3. The van der Waals surface area contributed by atoms with Crippen LogP contribution < -0.4 is 19.7 Å². The molecule has 0 aliphatic carbocycles. The van der Waals surface area contributed by atoms with Gasteiger partial charge in [0.1, 0.15) is 5.75 Å². The Hall–Kier alpha value is -3.93. The number of sulfonamides is 1. The second kappa shape index (κ2) is 12.5. The maximum Gasteiger partial charge on any atom is 0.326 e. The summed E-state index contributed by atoms with van der Waals surface area (Å²) in [4.78, 5) is 22.0. The molecular formula is C29H31N5O4S2. The van der Waals surface area contributed by atoms with Crippen molar-refractivity contribution in [2.24, 2.45) is 0 Å². The topological polar surface area (TPSA) is 104 Å². The number of nitrogens with zero attached hydrogens (tertiary/aromatic N) is 3. The Balaban J connectivity index is 1.15. The molecule has 5 rings (SSSR count). The molecule has 0 bridgehead atoms. The fourth-order valence-electron chi connectivity index (χ4n) is 4.69. The Morgan fingerprint density at radius 1 is 1.02 bits per heavy atom. The number of hydrogen-bond donors (Lipinski definition) is 2. The number of para-hydroxylation sites is 1. The fourth-order valence-corrected chi connectivity index (χ4v) is 5.84. The van der Waals surface area contributed by atoms with Gasteiger partial charge in [0.15, 0.2) is 0 Å². The molecule has 2 N–H and O–H groups in total. The first-order chi connectivity index (χ1) is 19.3. The lowest BCUT2D eigenvalue weighted by Crippen LogP contribution is -2.49. The summed E-state index contributed by atoms with van der Waals surface area (Å²) in [6.45, 7) is 2.50. The van der Waals surface area contributed by atoms with Crippen molar-refractivity contribution in [1.82, 2.24) is 9.88 Å². The summed E-state index contributed by atoms with van der Waals surface area (Å²) in [5.41, 5.74) is 3.26. The van der Waals surface area contributed by atoms with Crippen LogP contribution in [0.1, 0.15) is 18.4 Å². The van der Waals surface area contributed by atoms with Gasteiger partial charge in [-0.3, -0.25) is 14.5 Å². The Morgan fingerprint density at radius 2 is 1.77 bits per heavy atom. The number of benzene rings is 2. The zero-order valence-corrected chi connectivity index (χ0v) is 23.7. The van der Waals surface area contributed by atoms with E-state index in [1.807, 2.05) is 70.4 Å². The third-order valence-electron chi connectivity index (χ3n) is 6.53. The van der Waals surface area contributed by atoms with Crippen molar-refractivity contribution in [2.45, 2.75) is 25.4 Å². The van der Waals surface area contributed by atoms with Gasteiger partial charge in [-0.1, -0.05) is 24.3 Å². The number of carbonyl (C=O) groups is 1. The number of aromatic nitrogens is 1. The second-order valence-corrected chi connectivity index (χ2v) is 12.2. The molecule has 9 nitrogen and oxygen atoms in total. The first-order valence-electron chi connectivity index (χ1n) is 12.9. The number of urea groups is 1. The molecule has 1 saturated heterocycles. The number of piperidine rings is 1. The van der Waals surface area contributed by atoms with Crippen molar-refractivity contribution < 1.29 is 17.9 Å². The highest BCUT2D eigenvalue weighted by Crippen LogP contribution is 2.27. The van der Waals surface area contributed by atoms with Gasteiger partial charge in [-0.2, -0.15) is 11.3 Å². The van der Waals surface area contributed by atoms with Gasteiger partial charge in [0.25, 0.3) is 0 Å². The lowest BCUT2D eigenvalue weighted by Gasteiger charge is -2.38. The quantitative estimate of drug-likeness (QED) is 0.253. The molecule has 2 aromatic heterocycles. The lowest BCUT2D eigenvalue weighted by molar-refractivity contribution is 0.199. The second-order valence-electron chi connectivity index (χ2n) is 9.66. The predicted molar refractivity (Wildman–Crippen MR) is 160 cm³/mol. The monoisotopic (exact) mass is 577 g/mol. The van der Waals surface area contributed by atoms with Crippen molar-refractivity contribution in [3.05, 3.63) is 95.3 Å². The van der Waals surface area contributed by atoms with Crippen molar-refractivity contribution in [1.29, 1.82) is 0 Å². The lowest BCUT2D eigenvalue weighted by atomic mass is 10.0. The van der Waals surface area contributed by atoms with Crippen molar-refractivity contribution >= 4 is 44.5 Å². The van der Waals surface area contributed by atoms with E-state index in [2.05, 4.69) is 19.9 Å².